The largest absolute Gasteiger partial charge is 0.465 e. The molecule has 1 saturated heterocycles. The van der Waals surface area contributed by atoms with Crippen LogP contribution in [0.5, 0.6) is 0 Å². The standard InChI is InChI=1S/C12H16N2O2S/c1-16-12(15)10-2-3-11(13-8-10)9-14-4-6-17-7-5-14/h2-3,8H,4-7,9H2,1H3. The van der Waals surface area contributed by atoms with E-state index >= 15 is 0 Å². The zero-order valence-corrected chi connectivity index (χ0v) is 10.7. The van der Waals surface area contributed by atoms with Gasteiger partial charge >= 0.3 is 5.97 Å². The molecule has 0 unspecified atom stereocenters. The molecule has 0 aromatic carbocycles. The van der Waals surface area contributed by atoms with Gasteiger partial charge in [-0.15, -0.1) is 0 Å². The van der Waals surface area contributed by atoms with Gasteiger partial charge in [-0.1, -0.05) is 0 Å². The second-order valence-corrected chi connectivity index (χ2v) is 5.14. The van der Waals surface area contributed by atoms with Gasteiger partial charge in [0.25, 0.3) is 0 Å². The van der Waals surface area contributed by atoms with Crippen LogP contribution in [0.3, 0.4) is 0 Å². The molecule has 1 fully saturated rings. The summed E-state index contributed by atoms with van der Waals surface area (Å²) >= 11 is 2.00. The average Bonchev–Trinajstić information content (AvgIpc) is 2.40. The molecule has 17 heavy (non-hydrogen) atoms. The third-order valence-electron chi connectivity index (χ3n) is 2.74. The van der Waals surface area contributed by atoms with E-state index in [1.54, 1.807) is 12.3 Å². The van der Waals surface area contributed by atoms with Gasteiger partial charge in [0.2, 0.25) is 0 Å². The Morgan fingerprint density at radius 1 is 1.47 bits per heavy atom. The van der Waals surface area contributed by atoms with Gasteiger partial charge in [0.1, 0.15) is 0 Å². The van der Waals surface area contributed by atoms with Crippen molar-refractivity contribution in [2.45, 2.75) is 6.54 Å². The number of pyridine rings is 1. The lowest BCUT2D eigenvalue weighted by atomic mass is 10.2. The van der Waals surface area contributed by atoms with Gasteiger partial charge in [0.15, 0.2) is 0 Å². The Morgan fingerprint density at radius 3 is 2.82 bits per heavy atom. The Morgan fingerprint density at radius 2 is 2.24 bits per heavy atom. The molecule has 0 saturated carbocycles. The number of hydrogen-bond donors (Lipinski definition) is 0. The van der Waals surface area contributed by atoms with Crippen molar-refractivity contribution in [1.29, 1.82) is 0 Å². The minimum absolute atomic E-state index is 0.335. The van der Waals surface area contributed by atoms with E-state index in [2.05, 4.69) is 14.6 Å². The van der Waals surface area contributed by atoms with Crippen molar-refractivity contribution in [1.82, 2.24) is 9.88 Å². The van der Waals surface area contributed by atoms with E-state index in [4.69, 9.17) is 0 Å². The van der Waals surface area contributed by atoms with Gasteiger partial charge in [-0.3, -0.25) is 9.88 Å². The summed E-state index contributed by atoms with van der Waals surface area (Å²) in [5.74, 6) is 2.05. The van der Waals surface area contributed by atoms with Crippen LogP contribution in [-0.2, 0) is 11.3 Å². The highest BCUT2D eigenvalue weighted by Gasteiger charge is 2.12. The Bertz CT molecular complexity index is 375. The molecular formula is C12H16N2O2S. The second-order valence-electron chi connectivity index (χ2n) is 3.92. The van der Waals surface area contributed by atoms with E-state index in [1.165, 1.54) is 18.6 Å². The minimum Gasteiger partial charge on any atom is -0.465 e. The quantitative estimate of drug-likeness (QED) is 0.761. The normalized spacial score (nSPS) is 16.8. The highest BCUT2D eigenvalue weighted by atomic mass is 32.2. The molecule has 1 aromatic heterocycles. The first-order valence-corrected chi connectivity index (χ1v) is 6.78. The number of thioether (sulfide) groups is 1. The lowest BCUT2D eigenvalue weighted by Gasteiger charge is -2.25. The van der Waals surface area contributed by atoms with Crippen LogP contribution in [0.15, 0.2) is 18.3 Å². The van der Waals surface area contributed by atoms with Crippen LogP contribution >= 0.6 is 11.8 Å². The van der Waals surface area contributed by atoms with Crippen LogP contribution in [-0.4, -0.2) is 47.6 Å². The number of ether oxygens (including phenoxy) is 1. The van der Waals surface area contributed by atoms with Crippen LogP contribution < -0.4 is 0 Å². The van der Waals surface area contributed by atoms with Crippen LogP contribution in [0.4, 0.5) is 0 Å². The molecule has 0 atom stereocenters. The molecule has 92 valence electrons. The Labute approximate surface area is 105 Å². The second kappa shape index (κ2) is 6.02. The molecule has 5 heteroatoms. The summed E-state index contributed by atoms with van der Waals surface area (Å²) in [6.45, 7) is 3.10. The number of carbonyl (C=O) groups excluding carboxylic acids is 1. The number of carbonyl (C=O) groups is 1. The van der Waals surface area contributed by atoms with Crippen LogP contribution in [0.25, 0.3) is 0 Å². The molecule has 1 aliphatic heterocycles. The van der Waals surface area contributed by atoms with Crippen LogP contribution in [0.2, 0.25) is 0 Å². The molecule has 2 heterocycles. The van der Waals surface area contributed by atoms with E-state index in [0.717, 1.165) is 25.3 Å². The Kier molecular flexibility index (Phi) is 4.39. The van der Waals surface area contributed by atoms with E-state index in [1.807, 2.05) is 17.8 Å². The molecule has 0 spiro atoms. The maximum Gasteiger partial charge on any atom is 0.339 e. The van der Waals surface area contributed by atoms with Crippen LogP contribution in [0.1, 0.15) is 16.1 Å². The predicted molar refractivity (Wildman–Crippen MR) is 68.2 cm³/mol. The first-order chi connectivity index (χ1) is 8.29. The monoisotopic (exact) mass is 252 g/mol. The maximum atomic E-state index is 11.2. The van der Waals surface area contributed by atoms with E-state index in [0.29, 0.717) is 5.56 Å². The molecular weight excluding hydrogens is 236 g/mol. The maximum absolute atomic E-state index is 11.2. The molecule has 4 nitrogen and oxygen atoms in total. The molecule has 0 radical (unpaired) electrons. The number of methoxy groups -OCH3 is 1. The Balaban J connectivity index is 1.95. The number of nitrogens with zero attached hydrogens (tertiary/aromatic N) is 2. The number of rotatable bonds is 3. The Hall–Kier alpha value is -1.07. The molecule has 0 N–H and O–H groups in total. The lowest BCUT2D eigenvalue weighted by Crippen LogP contribution is -2.32. The summed E-state index contributed by atoms with van der Waals surface area (Å²) < 4.78 is 4.63. The van der Waals surface area contributed by atoms with Gasteiger partial charge in [0, 0.05) is 37.3 Å². The number of hydrogen-bond acceptors (Lipinski definition) is 5. The smallest absolute Gasteiger partial charge is 0.339 e. The van der Waals surface area contributed by atoms with Gasteiger partial charge in [-0.2, -0.15) is 11.8 Å². The summed E-state index contributed by atoms with van der Waals surface area (Å²) in [4.78, 5) is 17.9. The molecule has 0 bridgehead atoms. The average molecular weight is 252 g/mol. The minimum atomic E-state index is -0.335. The summed E-state index contributed by atoms with van der Waals surface area (Å²) in [5.41, 5.74) is 1.51. The third-order valence-corrected chi connectivity index (χ3v) is 3.68. The lowest BCUT2D eigenvalue weighted by molar-refractivity contribution is 0.0600. The summed E-state index contributed by atoms with van der Waals surface area (Å²) in [6, 6.07) is 3.67. The zero-order chi connectivity index (χ0) is 12.1. The van der Waals surface area contributed by atoms with Crippen LogP contribution in [0, 0.1) is 0 Å². The van der Waals surface area contributed by atoms with E-state index < -0.39 is 0 Å². The fourth-order valence-electron chi connectivity index (χ4n) is 1.74. The SMILES string of the molecule is COC(=O)c1ccc(CN2CCSCC2)nc1. The summed E-state index contributed by atoms with van der Waals surface area (Å²) in [7, 11) is 1.38. The van der Waals surface area contributed by atoms with Crippen molar-refractivity contribution >= 4 is 17.7 Å². The third kappa shape index (κ3) is 3.44. The summed E-state index contributed by atoms with van der Waals surface area (Å²) in [6.07, 6.45) is 1.58. The van der Waals surface area contributed by atoms with Gasteiger partial charge < -0.3 is 4.74 Å². The van der Waals surface area contributed by atoms with Crippen molar-refractivity contribution in [3.05, 3.63) is 29.6 Å². The van der Waals surface area contributed by atoms with Crippen molar-refractivity contribution < 1.29 is 9.53 Å². The zero-order valence-electron chi connectivity index (χ0n) is 9.89. The topological polar surface area (TPSA) is 42.4 Å². The fraction of sp³-hybridized carbons (Fsp3) is 0.500. The van der Waals surface area contributed by atoms with E-state index in [9.17, 15) is 4.79 Å². The summed E-state index contributed by atoms with van der Waals surface area (Å²) in [5, 5.41) is 0. The highest BCUT2D eigenvalue weighted by Crippen LogP contribution is 2.12. The van der Waals surface area contributed by atoms with Gasteiger partial charge in [-0.25, -0.2) is 4.79 Å². The molecule has 1 aromatic rings. The molecule has 2 rings (SSSR count). The molecule has 1 aliphatic rings. The van der Waals surface area contributed by atoms with Crippen molar-refractivity contribution in [3.63, 3.8) is 0 Å². The van der Waals surface area contributed by atoms with Crippen molar-refractivity contribution in [3.8, 4) is 0 Å². The number of aromatic nitrogens is 1. The van der Waals surface area contributed by atoms with Crippen molar-refractivity contribution in [2.24, 2.45) is 0 Å². The number of esters is 1. The first kappa shape index (κ1) is 12.4. The van der Waals surface area contributed by atoms with Gasteiger partial charge in [0.05, 0.1) is 18.4 Å². The molecule has 0 aliphatic carbocycles. The van der Waals surface area contributed by atoms with Gasteiger partial charge in [-0.05, 0) is 12.1 Å². The van der Waals surface area contributed by atoms with Crippen molar-refractivity contribution in [2.75, 3.05) is 31.7 Å². The first-order valence-electron chi connectivity index (χ1n) is 5.63. The van der Waals surface area contributed by atoms with E-state index in [-0.39, 0.29) is 5.97 Å². The highest BCUT2D eigenvalue weighted by molar-refractivity contribution is 7.99. The predicted octanol–water partition coefficient (Wildman–Crippen LogP) is 1.42. The fourth-order valence-corrected chi connectivity index (χ4v) is 2.72. The molecule has 0 amide bonds.